The third-order valence-corrected chi connectivity index (χ3v) is 6.47. The number of hydrogen-bond acceptors (Lipinski definition) is 5. The molecule has 6 heteroatoms. The molecule has 2 aliphatic rings. The van der Waals surface area contributed by atoms with Gasteiger partial charge in [-0.15, -0.1) is 0 Å². The second-order valence-corrected chi connectivity index (χ2v) is 7.79. The van der Waals surface area contributed by atoms with Gasteiger partial charge in [0.25, 0.3) is 0 Å². The third-order valence-electron chi connectivity index (χ3n) is 6.47. The molecule has 1 aromatic heterocycles. The van der Waals surface area contributed by atoms with Gasteiger partial charge in [0.15, 0.2) is 0 Å². The summed E-state index contributed by atoms with van der Waals surface area (Å²) in [7, 11) is 2.99. The summed E-state index contributed by atoms with van der Waals surface area (Å²) >= 11 is 0. The summed E-state index contributed by atoms with van der Waals surface area (Å²) in [6.45, 7) is 4.07. The molecule has 3 heterocycles. The van der Waals surface area contributed by atoms with Crippen molar-refractivity contribution in [2.45, 2.75) is 32.2 Å². The molecule has 3 atom stereocenters. The Morgan fingerprint density at radius 2 is 2.21 bits per heavy atom. The number of rotatable bonds is 4. The molecule has 1 saturated heterocycles. The summed E-state index contributed by atoms with van der Waals surface area (Å²) < 4.78 is 10.3. The fourth-order valence-corrected chi connectivity index (χ4v) is 5.13. The molecule has 2 aliphatic heterocycles. The van der Waals surface area contributed by atoms with Crippen LogP contribution in [-0.2, 0) is 20.7 Å². The molecule has 0 radical (unpaired) electrons. The molecule has 28 heavy (non-hydrogen) atoms. The van der Waals surface area contributed by atoms with Gasteiger partial charge in [0.05, 0.1) is 32.1 Å². The molecule has 3 unspecified atom stereocenters. The second kappa shape index (κ2) is 7.51. The molecule has 0 bridgehead atoms. The first-order chi connectivity index (χ1) is 13.6. The number of piperidine rings is 1. The standard InChI is InChI=1S/C22H28N2O4/c1-4-13-11-24-9-8-14-20-17(6-5-7-19(20)25)23-21(14)18(24)10-15(13)16(12-27-2)22(26)28-3/h5-7,12-13,15,18,23,25H,4,8-11H2,1-3H3/b16-12+. The van der Waals surface area contributed by atoms with Crippen LogP contribution in [0.25, 0.3) is 10.9 Å². The zero-order valence-electron chi connectivity index (χ0n) is 16.7. The predicted molar refractivity (Wildman–Crippen MR) is 107 cm³/mol. The Morgan fingerprint density at radius 3 is 2.93 bits per heavy atom. The number of hydrogen-bond donors (Lipinski definition) is 2. The molecule has 0 saturated carbocycles. The maximum Gasteiger partial charge on any atom is 0.337 e. The third kappa shape index (κ3) is 2.96. The molecule has 6 nitrogen and oxygen atoms in total. The number of methoxy groups -OCH3 is 2. The number of fused-ring (bicyclic) bond motifs is 5. The number of carbonyl (C=O) groups excluding carboxylic acids is 1. The average Bonchev–Trinajstić information content (AvgIpc) is 3.10. The van der Waals surface area contributed by atoms with E-state index in [4.69, 9.17) is 9.47 Å². The number of carbonyl (C=O) groups is 1. The van der Waals surface area contributed by atoms with Crippen molar-refractivity contribution in [3.05, 3.63) is 41.3 Å². The van der Waals surface area contributed by atoms with Gasteiger partial charge in [-0.05, 0) is 42.4 Å². The van der Waals surface area contributed by atoms with Gasteiger partial charge < -0.3 is 19.6 Å². The number of H-pyrrole nitrogens is 1. The van der Waals surface area contributed by atoms with E-state index < -0.39 is 0 Å². The normalized spacial score (nSPS) is 25.2. The van der Waals surface area contributed by atoms with Crippen LogP contribution in [0.3, 0.4) is 0 Å². The van der Waals surface area contributed by atoms with E-state index in [0.717, 1.165) is 43.3 Å². The number of benzene rings is 1. The van der Waals surface area contributed by atoms with Crippen LogP contribution in [0.15, 0.2) is 30.0 Å². The maximum atomic E-state index is 12.4. The number of nitrogens with one attached hydrogen (secondary N) is 1. The monoisotopic (exact) mass is 384 g/mol. The summed E-state index contributed by atoms with van der Waals surface area (Å²) in [5.74, 6) is 0.460. The Hall–Kier alpha value is -2.47. The molecule has 1 aromatic carbocycles. The number of nitrogens with zero attached hydrogens (tertiary/aromatic N) is 1. The van der Waals surface area contributed by atoms with E-state index in [2.05, 4.69) is 16.8 Å². The Labute approximate surface area is 165 Å². The molecular formula is C22H28N2O4. The summed E-state index contributed by atoms with van der Waals surface area (Å²) in [5, 5.41) is 11.3. The lowest BCUT2D eigenvalue weighted by Gasteiger charge is -2.46. The zero-order valence-corrected chi connectivity index (χ0v) is 16.7. The van der Waals surface area contributed by atoms with Crippen molar-refractivity contribution in [3.8, 4) is 5.75 Å². The minimum Gasteiger partial charge on any atom is -0.507 e. The van der Waals surface area contributed by atoms with E-state index in [-0.39, 0.29) is 17.9 Å². The first kappa shape index (κ1) is 18.9. The summed E-state index contributed by atoms with van der Waals surface area (Å²) in [4.78, 5) is 18.5. The number of ether oxygens (including phenoxy) is 2. The molecule has 0 aliphatic carbocycles. The van der Waals surface area contributed by atoms with Crippen LogP contribution in [0, 0.1) is 11.8 Å². The zero-order chi connectivity index (χ0) is 19.8. The van der Waals surface area contributed by atoms with Gasteiger partial charge >= 0.3 is 5.97 Å². The summed E-state index contributed by atoms with van der Waals surface area (Å²) in [5.41, 5.74) is 3.96. The van der Waals surface area contributed by atoms with Crippen molar-refractivity contribution in [3.63, 3.8) is 0 Å². The highest BCUT2D eigenvalue weighted by atomic mass is 16.5. The van der Waals surface area contributed by atoms with Gasteiger partial charge in [0, 0.05) is 29.7 Å². The first-order valence-corrected chi connectivity index (χ1v) is 9.96. The first-order valence-electron chi connectivity index (χ1n) is 9.96. The molecule has 0 spiro atoms. The lowest BCUT2D eigenvalue weighted by Crippen LogP contribution is -2.47. The molecule has 2 aromatic rings. The molecule has 2 N–H and O–H groups in total. The predicted octanol–water partition coefficient (Wildman–Crippen LogP) is 3.52. The van der Waals surface area contributed by atoms with E-state index in [1.807, 2.05) is 12.1 Å². The van der Waals surface area contributed by atoms with E-state index in [1.165, 1.54) is 18.4 Å². The minimum absolute atomic E-state index is 0.0737. The van der Waals surface area contributed by atoms with E-state index in [0.29, 0.717) is 17.2 Å². The van der Waals surface area contributed by atoms with Gasteiger partial charge in [-0.25, -0.2) is 4.79 Å². The second-order valence-electron chi connectivity index (χ2n) is 7.79. The Morgan fingerprint density at radius 1 is 1.39 bits per heavy atom. The number of aromatic nitrogens is 1. The van der Waals surface area contributed by atoms with Crippen LogP contribution in [0.1, 0.15) is 37.1 Å². The fraction of sp³-hybridized carbons (Fsp3) is 0.500. The number of aromatic hydroxyl groups is 1. The lowest BCUT2D eigenvalue weighted by molar-refractivity contribution is -0.137. The van der Waals surface area contributed by atoms with E-state index in [9.17, 15) is 9.90 Å². The molecule has 4 rings (SSSR count). The van der Waals surface area contributed by atoms with Crippen molar-refractivity contribution in [1.82, 2.24) is 9.88 Å². The molecule has 1 fully saturated rings. The quantitative estimate of drug-likeness (QED) is 0.479. The van der Waals surface area contributed by atoms with Gasteiger partial charge in [0.2, 0.25) is 0 Å². The number of aromatic amines is 1. The van der Waals surface area contributed by atoms with Crippen molar-refractivity contribution < 1.29 is 19.4 Å². The van der Waals surface area contributed by atoms with Crippen LogP contribution >= 0.6 is 0 Å². The summed E-state index contributed by atoms with van der Waals surface area (Å²) in [6, 6.07) is 5.81. The van der Waals surface area contributed by atoms with Gasteiger partial charge in [-0.3, -0.25) is 4.90 Å². The summed E-state index contributed by atoms with van der Waals surface area (Å²) in [6.07, 6.45) is 4.29. The van der Waals surface area contributed by atoms with Crippen LogP contribution < -0.4 is 0 Å². The molecular weight excluding hydrogens is 356 g/mol. The van der Waals surface area contributed by atoms with Crippen LogP contribution in [0.4, 0.5) is 0 Å². The fourth-order valence-electron chi connectivity index (χ4n) is 5.13. The van der Waals surface area contributed by atoms with Crippen molar-refractivity contribution in [1.29, 1.82) is 0 Å². The van der Waals surface area contributed by atoms with Crippen LogP contribution in [-0.4, -0.2) is 48.3 Å². The van der Waals surface area contributed by atoms with Crippen LogP contribution in [0.2, 0.25) is 0 Å². The highest BCUT2D eigenvalue weighted by Gasteiger charge is 2.42. The SMILES string of the molecule is CCC1CN2CCc3c([nH]c4cccc(O)c34)C2CC1/C(=C\OC)C(=O)OC. The van der Waals surface area contributed by atoms with Gasteiger partial charge in [0.1, 0.15) is 5.75 Å². The van der Waals surface area contributed by atoms with E-state index >= 15 is 0 Å². The van der Waals surface area contributed by atoms with Crippen LogP contribution in [0.5, 0.6) is 5.75 Å². The Balaban J connectivity index is 1.75. The van der Waals surface area contributed by atoms with Crippen molar-refractivity contribution >= 4 is 16.9 Å². The van der Waals surface area contributed by atoms with Crippen molar-refractivity contribution in [2.24, 2.45) is 11.8 Å². The number of esters is 1. The molecule has 0 amide bonds. The van der Waals surface area contributed by atoms with Gasteiger partial charge in [-0.2, -0.15) is 0 Å². The Kier molecular flexibility index (Phi) is 5.06. The Bertz CT molecular complexity index is 917. The highest BCUT2D eigenvalue weighted by Crippen LogP contribution is 2.46. The number of phenolic OH excluding ortho intramolecular Hbond substituents is 1. The van der Waals surface area contributed by atoms with E-state index in [1.54, 1.807) is 19.4 Å². The average molecular weight is 384 g/mol. The number of phenols is 1. The minimum atomic E-state index is -0.316. The van der Waals surface area contributed by atoms with Gasteiger partial charge in [-0.1, -0.05) is 19.4 Å². The topological polar surface area (TPSA) is 74.8 Å². The smallest absolute Gasteiger partial charge is 0.337 e. The maximum absolute atomic E-state index is 12.4. The lowest BCUT2D eigenvalue weighted by atomic mass is 9.74. The molecule has 150 valence electrons. The van der Waals surface area contributed by atoms with Crippen molar-refractivity contribution in [2.75, 3.05) is 27.3 Å². The largest absolute Gasteiger partial charge is 0.507 e. The highest BCUT2D eigenvalue weighted by molar-refractivity contribution is 5.91.